The summed E-state index contributed by atoms with van der Waals surface area (Å²) in [6.07, 6.45) is 32.5. The van der Waals surface area contributed by atoms with Gasteiger partial charge in [0.25, 0.3) is 23.6 Å². The number of carbonyl (C=O) groups is 6. The van der Waals surface area contributed by atoms with Gasteiger partial charge in [0.2, 0.25) is 0 Å². The first-order valence-electron chi connectivity index (χ1n) is 48.9. The predicted octanol–water partition coefficient (Wildman–Crippen LogP) is 13.3. The minimum atomic E-state index is -1.03. The third-order valence-corrected chi connectivity index (χ3v) is 33.0. The number of rotatable bonds is 17. The zero-order valence-electron chi connectivity index (χ0n) is 78.6. The molecule has 26 heteroatoms. The number of ether oxygens (including phenoxy) is 4. The third kappa shape index (κ3) is 16.2. The molecule has 22 rings (SSSR count). The molecule has 8 saturated carbocycles. The van der Waals surface area contributed by atoms with Crippen LogP contribution in [0, 0.1) is 87.4 Å². The van der Waals surface area contributed by atoms with Crippen molar-refractivity contribution in [2.75, 3.05) is 41.5 Å². The molecule has 0 radical (unpaired) electrons. The van der Waals surface area contributed by atoms with Crippen molar-refractivity contribution in [2.24, 2.45) is 95.3 Å². The number of nitrogens with two attached hydrogens (primary N) is 4. The molecular formula is C108H126N16O10. The highest BCUT2D eigenvalue weighted by molar-refractivity contribution is 6.11. The molecule has 26 nitrogen and oxygen atoms in total. The maximum absolute atomic E-state index is 14.5. The van der Waals surface area contributed by atoms with Crippen LogP contribution in [0.4, 0.5) is 5.69 Å². The molecule has 16 aliphatic rings. The Morgan fingerprint density at radius 3 is 1.10 bits per heavy atom. The van der Waals surface area contributed by atoms with Crippen LogP contribution < -0.4 is 22.9 Å². The fraction of sp³-hybridized carbons (Fsp3) is 0.546. The first-order chi connectivity index (χ1) is 64.7. The van der Waals surface area contributed by atoms with E-state index in [-0.39, 0.29) is 144 Å². The van der Waals surface area contributed by atoms with E-state index in [0.717, 1.165) is 196 Å². The van der Waals surface area contributed by atoms with Crippen molar-refractivity contribution < 1.29 is 47.7 Å². The topological polar surface area (TPSA) is 341 Å². The van der Waals surface area contributed by atoms with Crippen molar-refractivity contribution in [3.63, 3.8) is 0 Å². The molecule has 4 aliphatic heterocycles. The molecule has 5 heterocycles. The molecular weight excluding hydrogens is 1680 g/mol. The zero-order valence-corrected chi connectivity index (χ0v) is 78.6. The first-order valence-corrected chi connectivity index (χ1v) is 48.9. The number of methoxy groups -OCH3 is 4. The Morgan fingerprint density at radius 2 is 0.776 bits per heavy atom. The second kappa shape index (κ2) is 36.2. The van der Waals surface area contributed by atoms with E-state index in [1.807, 2.05) is 25.2 Å². The SMILES string of the molecule is COC1CCC2(CC1)Cc1ccc(C#CC3CC3)cc1C21N=C(N)N(CCC(C)=O)C1=O.COC1CCC2(CC1)Cc1ccc(C#CC3CC3)cc1C21N=C(N)N(CCC(C)=O)C1=O.COC1CCC2(CC1)Cc1ccc(C#CC3CC3)cc1C21N=C(N)N(Cc2nncn2C)C1=O.[C-]#[N+]c1ccccc1CN1C(=O)C2(N=C1N)c1cc(CCC3CC3)ccc1CC21CCC(OC)CC1. The van der Waals surface area contributed by atoms with Crippen LogP contribution in [0.15, 0.2) is 123 Å². The number of guanidine groups is 4. The number of Topliss-reactive ketones (excluding diaryl/α,β-unsaturated/α-hetero) is 2. The lowest BCUT2D eigenvalue weighted by Crippen LogP contribution is -2.52. The molecule has 4 amide bonds. The highest BCUT2D eigenvalue weighted by Gasteiger charge is 2.71. The Labute approximate surface area is 786 Å². The van der Waals surface area contributed by atoms with Crippen LogP contribution in [-0.4, -0.2) is 159 Å². The fourth-order valence-electron chi connectivity index (χ4n) is 24.7. The molecule has 6 aromatic rings. The molecule has 0 saturated heterocycles. The zero-order chi connectivity index (χ0) is 93.4. The minimum absolute atomic E-state index is 0.0336. The number of nitrogens with zero attached hydrogens (tertiary/aromatic N) is 12. The number of aryl methyl sites for hydroxylation is 2. The summed E-state index contributed by atoms with van der Waals surface area (Å²) in [7, 11) is 8.93. The lowest BCUT2D eigenvalue weighted by Gasteiger charge is -2.45. The van der Waals surface area contributed by atoms with Gasteiger partial charge in [-0.05, 0) is 292 Å². The number of hydrogen-bond donors (Lipinski definition) is 4. The summed E-state index contributed by atoms with van der Waals surface area (Å²) < 4.78 is 24.4. The molecule has 134 heavy (non-hydrogen) atoms. The Balaban J connectivity index is 0.000000115. The van der Waals surface area contributed by atoms with Crippen molar-refractivity contribution in [3.8, 4) is 35.5 Å². The number of hydrogen-bond acceptors (Lipinski definition) is 20. The fourth-order valence-corrected chi connectivity index (χ4v) is 24.7. The van der Waals surface area contributed by atoms with Gasteiger partial charge in [-0.15, -0.1) is 10.2 Å². The number of carbonyl (C=O) groups excluding carboxylic acids is 6. The normalized spacial score (nSPS) is 30.2. The van der Waals surface area contributed by atoms with E-state index in [9.17, 15) is 28.8 Å². The highest BCUT2D eigenvalue weighted by atomic mass is 16.5. The Kier molecular flexibility index (Phi) is 24.7. The van der Waals surface area contributed by atoms with Crippen molar-refractivity contribution in [2.45, 2.75) is 279 Å². The minimum Gasteiger partial charge on any atom is -0.381 e. The second-order valence-corrected chi connectivity index (χ2v) is 41.2. The van der Waals surface area contributed by atoms with Crippen LogP contribution in [0.1, 0.15) is 265 Å². The quantitative estimate of drug-likeness (QED) is 0.0487. The molecule has 8 spiro atoms. The summed E-state index contributed by atoms with van der Waals surface area (Å²) in [6, 6.07) is 33.1. The van der Waals surface area contributed by atoms with Crippen LogP contribution in [0.5, 0.6) is 0 Å². The summed E-state index contributed by atoms with van der Waals surface area (Å²) in [5.74, 6) is 23.8. The van der Waals surface area contributed by atoms with Crippen LogP contribution in [0.3, 0.4) is 0 Å². The average molecular weight is 1810 g/mol. The Hall–Kier alpha value is -11.7. The Morgan fingerprint density at radius 1 is 0.440 bits per heavy atom. The number of para-hydroxylation sites is 1. The van der Waals surface area contributed by atoms with E-state index in [1.54, 1.807) is 55.2 Å². The standard InChI is InChI=1S/C30H34N4O2.C26H30N6O2.2C26H31N3O3/c1-32-26-6-4-3-5-23(26)19-34-27(35)30(33-28(34)31)25-17-21(10-9-20-7-8-20)11-12-22(25)18-29(30)15-13-24(36-2)14-16-29;1-31-16-28-30-22(31)15-32-23(33)26(29-24(32)27)21-13-18(6-5-17-3-4-17)7-8-19(21)14-25(26)11-9-20(34-2)10-12-25;2*1-17(30)11-14-29-23(31)26(28-24(29)27)22-15-19(6-5-18-3-4-18)7-8-20(22)16-25(26)12-9-21(32-2)10-13-25/h3-6,11-12,17,20,24H,7-10,13-16,18-19H2,2H3,(H2,31,33);7-8,13,16-17,20H,3-4,9-12,14-15H2,1-2H3,(H2,27,29);2*7-8,15,18,21H,3-4,9-14,16H2,1-2H3,(H2,27,28). The number of aromatic nitrogens is 3. The van der Waals surface area contributed by atoms with E-state index in [2.05, 4.69) is 123 Å². The van der Waals surface area contributed by atoms with Crippen molar-refractivity contribution in [3.05, 3.63) is 193 Å². The van der Waals surface area contributed by atoms with Gasteiger partial charge in [-0.25, -0.2) is 24.8 Å². The van der Waals surface area contributed by atoms with Gasteiger partial charge in [0.1, 0.15) is 17.9 Å². The third-order valence-electron chi connectivity index (χ3n) is 33.0. The first kappa shape index (κ1) is 91.5. The monoisotopic (exact) mass is 1810 g/mol. The summed E-state index contributed by atoms with van der Waals surface area (Å²) in [5.41, 5.74) is 34.5. The van der Waals surface area contributed by atoms with E-state index >= 15 is 0 Å². The van der Waals surface area contributed by atoms with Gasteiger partial charge < -0.3 is 46.4 Å². The number of amides is 4. The number of benzene rings is 5. The van der Waals surface area contributed by atoms with Gasteiger partial charge in [0.15, 0.2) is 57.5 Å². The van der Waals surface area contributed by atoms with E-state index in [0.29, 0.717) is 29.3 Å². The maximum atomic E-state index is 14.5. The average Bonchev–Trinajstić information content (AvgIpc) is 1.54. The summed E-state index contributed by atoms with van der Waals surface area (Å²) in [5, 5.41) is 8.12. The van der Waals surface area contributed by atoms with Gasteiger partial charge in [-0.1, -0.05) is 109 Å². The molecule has 1 aromatic heterocycles. The van der Waals surface area contributed by atoms with Crippen molar-refractivity contribution in [1.82, 2.24) is 34.4 Å². The highest BCUT2D eigenvalue weighted by Crippen LogP contribution is 2.67. The number of fused-ring (bicyclic) bond motifs is 12. The lowest BCUT2D eigenvalue weighted by atomic mass is 9.61. The maximum Gasteiger partial charge on any atom is 0.262 e. The molecule has 8 N–H and O–H groups in total. The Bertz CT molecular complexity index is 5900. The summed E-state index contributed by atoms with van der Waals surface area (Å²) in [6.45, 7) is 11.7. The van der Waals surface area contributed by atoms with Crippen LogP contribution in [0.25, 0.3) is 4.85 Å². The van der Waals surface area contributed by atoms with Gasteiger partial charge in [-0.3, -0.25) is 48.4 Å². The van der Waals surface area contributed by atoms with E-state index < -0.39 is 22.2 Å². The van der Waals surface area contributed by atoms with Gasteiger partial charge >= 0.3 is 0 Å². The van der Waals surface area contributed by atoms with Crippen LogP contribution in [0.2, 0.25) is 0 Å². The molecule has 4 unspecified atom stereocenters. The van der Waals surface area contributed by atoms with Crippen LogP contribution >= 0.6 is 0 Å². The molecule has 8 fully saturated rings. The van der Waals surface area contributed by atoms with E-state index in [1.165, 1.54) is 98.1 Å². The van der Waals surface area contributed by atoms with Crippen molar-refractivity contribution >= 4 is 64.7 Å². The van der Waals surface area contributed by atoms with Gasteiger partial charge in [0, 0.05) is 124 Å². The molecule has 5 aromatic carbocycles. The summed E-state index contributed by atoms with van der Waals surface area (Å²) >= 11 is 0. The van der Waals surface area contributed by atoms with Gasteiger partial charge in [0.05, 0.1) is 37.5 Å². The summed E-state index contributed by atoms with van der Waals surface area (Å²) in [4.78, 5) is 110. The van der Waals surface area contributed by atoms with Crippen molar-refractivity contribution in [1.29, 1.82) is 0 Å². The number of ketones is 2. The largest absolute Gasteiger partial charge is 0.381 e. The molecule has 12 aliphatic carbocycles. The molecule has 4 atom stereocenters. The smallest absolute Gasteiger partial charge is 0.262 e. The number of aliphatic imine (C=N–C) groups is 4. The van der Waals surface area contributed by atoms with Crippen LogP contribution in [-0.2, 0) is 122 Å². The predicted molar refractivity (Wildman–Crippen MR) is 509 cm³/mol. The van der Waals surface area contributed by atoms with E-state index in [4.69, 9.17) is 68.4 Å². The van der Waals surface area contributed by atoms with Gasteiger partial charge in [-0.2, -0.15) is 0 Å². The second-order valence-electron chi connectivity index (χ2n) is 41.2. The molecule has 0 bridgehead atoms. The lowest BCUT2D eigenvalue weighted by molar-refractivity contribution is -0.139. The molecule has 698 valence electrons.